The minimum atomic E-state index is -3.51. The molecule has 1 fully saturated rings. The Balaban J connectivity index is 1.68. The van der Waals surface area contributed by atoms with Crippen LogP contribution in [-0.2, 0) is 10.0 Å². The van der Waals surface area contributed by atoms with E-state index < -0.39 is 10.0 Å². The van der Waals surface area contributed by atoms with Crippen LogP contribution in [0.4, 0.5) is 0 Å². The van der Waals surface area contributed by atoms with E-state index in [1.165, 1.54) is 4.31 Å². The van der Waals surface area contributed by atoms with Crippen LogP contribution in [0.25, 0.3) is 0 Å². The molecule has 1 amide bonds. The zero-order valence-electron chi connectivity index (χ0n) is 13.9. The summed E-state index contributed by atoms with van der Waals surface area (Å²) >= 11 is 3.35. The van der Waals surface area contributed by atoms with Crippen LogP contribution in [0.3, 0.4) is 0 Å². The van der Waals surface area contributed by atoms with Gasteiger partial charge in [-0.2, -0.15) is 4.31 Å². The zero-order chi connectivity index (χ0) is 18.0. The first kappa shape index (κ1) is 18.1. The van der Waals surface area contributed by atoms with Crippen LogP contribution in [-0.4, -0.2) is 49.7 Å². The molecular formula is C18H19BrN2O3S. The maximum atomic E-state index is 12.7. The summed E-state index contributed by atoms with van der Waals surface area (Å²) in [7, 11) is -3.51. The van der Waals surface area contributed by atoms with E-state index in [0.29, 0.717) is 36.6 Å². The van der Waals surface area contributed by atoms with Gasteiger partial charge < -0.3 is 4.90 Å². The number of sulfonamides is 1. The summed E-state index contributed by atoms with van der Waals surface area (Å²) in [5.74, 6) is -0.0696. The van der Waals surface area contributed by atoms with Crippen molar-refractivity contribution in [1.29, 1.82) is 0 Å². The molecule has 0 N–H and O–H groups in total. The zero-order valence-corrected chi connectivity index (χ0v) is 16.3. The van der Waals surface area contributed by atoms with Crippen molar-refractivity contribution in [3.63, 3.8) is 0 Å². The molecule has 2 aromatic rings. The SMILES string of the molecule is Cc1ccc(S(=O)(=O)N2CCN(C(=O)c3ccc(Br)cc3)CC2)cc1. The number of piperazine rings is 1. The van der Waals surface area contributed by atoms with Gasteiger partial charge in [-0.25, -0.2) is 8.42 Å². The van der Waals surface area contributed by atoms with Crippen molar-refractivity contribution in [2.75, 3.05) is 26.2 Å². The molecule has 1 heterocycles. The monoisotopic (exact) mass is 422 g/mol. The van der Waals surface area contributed by atoms with Gasteiger partial charge in [0.2, 0.25) is 10.0 Å². The van der Waals surface area contributed by atoms with Gasteiger partial charge in [0.15, 0.2) is 0 Å². The number of carbonyl (C=O) groups is 1. The molecule has 0 unspecified atom stereocenters. The molecule has 5 nitrogen and oxygen atoms in total. The van der Waals surface area contributed by atoms with E-state index in [9.17, 15) is 13.2 Å². The number of amides is 1. The van der Waals surface area contributed by atoms with E-state index in [4.69, 9.17) is 0 Å². The van der Waals surface area contributed by atoms with Crippen molar-refractivity contribution < 1.29 is 13.2 Å². The Morgan fingerprint density at radius 3 is 2.04 bits per heavy atom. The lowest BCUT2D eigenvalue weighted by Crippen LogP contribution is -2.50. The highest BCUT2D eigenvalue weighted by Gasteiger charge is 2.30. The Hall–Kier alpha value is -1.70. The van der Waals surface area contributed by atoms with Gasteiger partial charge in [0.1, 0.15) is 0 Å². The average Bonchev–Trinajstić information content (AvgIpc) is 2.62. The molecule has 1 saturated heterocycles. The van der Waals surface area contributed by atoms with Crippen molar-refractivity contribution in [1.82, 2.24) is 9.21 Å². The van der Waals surface area contributed by atoms with E-state index in [2.05, 4.69) is 15.9 Å². The molecule has 25 heavy (non-hydrogen) atoms. The summed E-state index contributed by atoms with van der Waals surface area (Å²) in [6.45, 7) is 3.31. The fourth-order valence-electron chi connectivity index (χ4n) is 2.77. The van der Waals surface area contributed by atoms with Crippen LogP contribution >= 0.6 is 15.9 Å². The van der Waals surface area contributed by atoms with Gasteiger partial charge >= 0.3 is 0 Å². The average molecular weight is 423 g/mol. The highest BCUT2D eigenvalue weighted by Crippen LogP contribution is 2.19. The quantitative estimate of drug-likeness (QED) is 0.763. The summed E-state index contributed by atoms with van der Waals surface area (Å²) in [5.41, 5.74) is 1.63. The summed E-state index contributed by atoms with van der Waals surface area (Å²) < 4.78 is 27.8. The van der Waals surface area contributed by atoms with Crippen molar-refractivity contribution >= 4 is 31.9 Å². The lowest BCUT2D eigenvalue weighted by atomic mass is 10.2. The second kappa shape index (κ2) is 7.27. The molecule has 0 aromatic heterocycles. The predicted octanol–water partition coefficient (Wildman–Crippen LogP) is 2.90. The molecule has 0 spiro atoms. The van der Waals surface area contributed by atoms with Crippen LogP contribution in [0.2, 0.25) is 0 Å². The van der Waals surface area contributed by atoms with Crippen LogP contribution in [0.1, 0.15) is 15.9 Å². The summed E-state index contributed by atoms with van der Waals surface area (Å²) in [5, 5.41) is 0. The number of benzene rings is 2. The summed E-state index contributed by atoms with van der Waals surface area (Å²) in [6.07, 6.45) is 0. The second-order valence-electron chi connectivity index (χ2n) is 6.02. The fraction of sp³-hybridized carbons (Fsp3) is 0.278. The molecule has 132 valence electrons. The maximum absolute atomic E-state index is 12.7. The van der Waals surface area contributed by atoms with Gasteiger partial charge in [-0.1, -0.05) is 33.6 Å². The molecule has 0 saturated carbocycles. The van der Waals surface area contributed by atoms with Crippen molar-refractivity contribution in [3.05, 3.63) is 64.1 Å². The number of rotatable bonds is 3. The third kappa shape index (κ3) is 3.94. The molecule has 0 radical (unpaired) electrons. The van der Waals surface area contributed by atoms with Gasteiger partial charge in [0, 0.05) is 36.2 Å². The predicted molar refractivity (Wildman–Crippen MR) is 100.0 cm³/mol. The van der Waals surface area contributed by atoms with Crippen molar-refractivity contribution in [3.8, 4) is 0 Å². The standard InChI is InChI=1S/C18H19BrN2O3S/c1-14-2-8-17(9-3-14)25(23,24)21-12-10-20(11-13-21)18(22)15-4-6-16(19)7-5-15/h2-9H,10-13H2,1H3. The van der Waals surface area contributed by atoms with Gasteiger partial charge in [-0.15, -0.1) is 0 Å². The number of hydrogen-bond donors (Lipinski definition) is 0. The van der Waals surface area contributed by atoms with Gasteiger partial charge in [0.25, 0.3) is 5.91 Å². The van der Waals surface area contributed by atoms with E-state index in [1.54, 1.807) is 41.3 Å². The maximum Gasteiger partial charge on any atom is 0.253 e. The van der Waals surface area contributed by atoms with Crippen LogP contribution < -0.4 is 0 Å². The molecule has 0 bridgehead atoms. The lowest BCUT2D eigenvalue weighted by molar-refractivity contribution is 0.0698. The number of carbonyl (C=O) groups excluding carboxylic acids is 1. The molecule has 2 aromatic carbocycles. The van der Waals surface area contributed by atoms with Gasteiger partial charge in [-0.3, -0.25) is 4.79 Å². The first-order chi connectivity index (χ1) is 11.9. The Morgan fingerprint density at radius 1 is 0.920 bits per heavy atom. The van der Waals surface area contributed by atoms with Crippen LogP contribution in [0, 0.1) is 6.92 Å². The smallest absolute Gasteiger partial charge is 0.253 e. The third-order valence-corrected chi connectivity index (χ3v) is 6.72. The number of nitrogens with zero attached hydrogens (tertiary/aromatic N) is 2. The van der Waals surface area contributed by atoms with Gasteiger partial charge in [-0.05, 0) is 43.3 Å². The van der Waals surface area contributed by atoms with E-state index >= 15 is 0 Å². The Kier molecular flexibility index (Phi) is 5.27. The fourth-order valence-corrected chi connectivity index (χ4v) is 4.45. The van der Waals surface area contributed by atoms with Gasteiger partial charge in [0.05, 0.1) is 4.90 Å². The molecule has 0 atom stereocenters. The first-order valence-corrected chi connectivity index (χ1v) is 10.2. The minimum Gasteiger partial charge on any atom is -0.336 e. The third-order valence-electron chi connectivity index (χ3n) is 4.28. The van der Waals surface area contributed by atoms with E-state index in [0.717, 1.165) is 10.0 Å². The highest BCUT2D eigenvalue weighted by atomic mass is 79.9. The van der Waals surface area contributed by atoms with Crippen molar-refractivity contribution in [2.45, 2.75) is 11.8 Å². The molecular weight excluding hydrogens is 404 g/mol. The molecule has 0 aliphatic carbocycles. The number of hydrogen-bond acceptors (Lipinski definition) is 3. The summed E-state index contributed by atoms with van der Waals surface area (Å²) in [6, 6.07) is 14.0. The largest absolute Gasteiger partial charge is 0.336 e. The Labute approximate surface area is 156 Å². The van der Waals surface area contributed by atoms with E-state index in [-0.39, 0.29) is 5.91 Å². The summed E-state index contributed by atoms with van der Waals surface area (Å²) in [4.78, 5) is 14.5. The topological polar surface area (TPSA) is 57.7 Å². The molecule has 1 aliphatic rings. The molecule has 7 heteroatoms. The lowest BCUT2D eigenvalue weighted by Gasteiger charge is -2.34. The highest BCUT2D eigenvalue weighted by molar-refractivity contribution is 9.10. The molecule has 1 aliphatic heterocycles. The number of aryl methyl sites for hydroxylation is 1. The van der Waals surface area contributed by atoms with Crippen LogP contribution in [0.15, 0.2) is 57.9 Å². The van der Waals surface area contributed by atoms with Crippen LogP contribution in [0.5, 0.6) is 0 Å². The minimum absolute atomic E-state index is 0.0696. The second-order valence-corrected chi connectivity index (χ2v) is 8.87. The normalized spacial score (nSPS) is 16.0. The Morgan fingerprint density at radius 2 is 1.48 bits per heavy atom. The van der Waals surface area contributed by atoms with Crippen molar-refractivity contribution in [2.24, 2.45) is 0 Å². The van der Waals surface area contributed by atoms with E-state index in [1.807, 2.05) is 19.1 Å². The first-order valence-electron chi connectivity index (χ1n) is 7.99. The number of halogens is 1. The molecule has 3 rings (SSSR count). The Bertz CT molecular complexity index is 856.